The van der Waals surface area contributed by atoms with E-state index in [-0.39, 0.29) is 18.7 Å². The average Bonchev–Trinajstić information content (AvgIpc) is 3.12. The Morgan fingerprint density at radius 3 is 3.14 bits per heavy atom. The standard InChI is InChI=1S/C14H15N3O3S2/c1-9-12-13(22-16-9)15-8-17(14(12)19)5-10(18)6-20-7-11-3-2-4-21-11/h2-4,8,10,18H,5-7H2,1H3/t10-/m1/s1. The van der Waals surface area contributed by atoms with Gasteiger partial charge >= 0.3 is 0 Å². The van der Waals surface area contributed by atoms with Crippen molar-refractivity contribution in [2.45, 2.75) is 26.2 Å². The molecule has 0 saturated heterocycles. The molecule has 0 spiro atoms. The molecular formula is C14H15N3O3S2. The van der Waals surface area contributed by atoms with Crippen LogP contribution in [0.5, 0.6) is 0 Å². The Kier molecular flexibility index (Phi) is 4.63. The summed E-state index contributed by atoms with van der Waals surface area (Å²) in [5.41, 5.74) is 0.504. The van der Waals surface area contributed by atoms with Gasteiger partial charge in [-0.05, 0) is 29.9 Å². The number of hydrogen-bond donors (Lipinski definition) is 1. The zero-order valence-corrected chi connectivity index (χ0v) is 13.6. The lowest BCUT2D eigenvalue weighted by atomic mass is 10.3. The van der Waals surface area contributed by atoms with E-state index in [9.17, 15) is 9.90 Å². The molecule has 0 aromatic carbocycles. The van der Waals surface area contributed by atoms with Crippen molar-refractivity contribution in [2.75, 3.05) is 6.61 Å². The Hall–Kier alpha value is -1.61. The van der Waals surface area contributed by atoms with Gasteiger partial charge in [0.1, 0.15) is 0 Å². The normalized spacial score (nSPS) is 12.8. The molecule has 0 unspecified atom stereocenters. The lowest BCUT2D eigenvalue weighted by molar-refractivity contribution is 0.0207. The minimum absolute atomic E-state index is 0.154. The number of thiophene rings is 1. The molecule has 0 saturated carbocycles. The molecule has 0 radical (unpaired) electrons. The van der Waals surface area contributed by atoms with Crippen LogP contribution >= 0.6 is 22.9 Å². The van der Waals surface area contributed by atoms with Crippen LogP contribution < -0.4 is 5.56 Å². The lowest BCUT2D eigenvalue weighted by Crippen LogP contribution is -2.29. The maximum atomic E-state index is 12.3. The Morgan fingerprint density at radius 1 is 1.50 bits per heavy atom. The number of ether oxygens (including phenoxy) is 1. The van der Waals surface area contributed by atoms with Gasteiger partial charge in [-0.15, -0.1) is 11.3 Å². The number of aliphatic hydroxyl groups is 1. The molecule has 1 N–H and O–H groups in total. The Bertz CT molecular complexity index is 810. The van der Waals surface area contributed by atoms with E-state index < -0.39 is 6.10 Å². The van der Waals surface area contributed by atoms with Crippen LogP contribution in [0, 0.1) is 6.92 Å². The zero-order valence-electron chi connectivity index (χ0n) is 11.9. The van der Waals surface area contributed by atoms with Crippen molar-refractivity contribution in [2.24, 2.45) is 0 Å². The molecule has 0 aliphatic rings. The summed E-state index contributed by atoms with van der Waals surface area (Å²) in [6.07, 6.45) is 0.689. The van der Waals surface area contributed by atoms with Crippen LogP contribution in [0.25, 0.3) is 10.2 Å². The number of aromatic nitrogens is 3. The molecule has 3 heterocycles. The number of aryl methyl sites for hydroxylation is 1. The Morgan fingerprint density at radius 2 is 2.36 bits per heavy atom. The third-order valence-corrected chi connectivity index (χ3v) is 4.87. The van der Waals surface area contributed by atoms with Crippen LogP contribution in [-0.2, 0) is 17.9 Å². The molecule has 116 valence electrons. The van der Waals surface area contributed by atoms with Gasteiger partial charge in [-0.1, -0.05) is 6.07 Å². The highest BCUT2D eigenvalue weighted by atomic mass is 32.1. The molecular weight excluding hydrogens is 322 g/mol. The summed E-state index contributed by atoms with van der Waals surface area (Å²) in [4.78, 5) is 18.3. The highest BCUT2D eigenvalue weighted by Crippen LogP contribution is 2.15. The van der Waals surface area contributed by atoms with Gasteiger partial charge in [-0.3, -0.25) is 9.36 Å². The van der Waals surface area contributed by atoms with E-state index in [1.54, 1.807) is 18.3 Å². The van der Waals surface area contributed by atoms with E-state index in [2.05, 4.69) is 9.36 Å². The molecule has 3 rings (SSSR count). The van der Waals surface area contributed by atoms with Gasteiger partial charge in [-0.2, -0.15) is 4.37 Å². The summed E-state index contributed by atoms with van der Waals surface area (Å²) < 4.78 is 11.0. The predicted octanol–water partition coefficient (Wildman–Crippen LogP) is 1.80. The van der Waals surface area contributed by atoms with Gasteiger partial charge in [0, 0.05) is 4.88 Å². The molecule has 0 fully saturated rings. The first-order valence-electron chi connectivity index (χ1n) is 6.75. The third kappa shape index (κ3) is 3.25. The van der Waals surface area contributed by atoms with Gasteiger partial charge in [0.15, 0.2) is 4.83 Å². The second-order valence-corrected chi connectivity index (χ2v) is 6.68. The van der Waals surface area contributed by atoms with E-state index in [1.165, 1.54) is 22.4 Å². The molecule has 8 heteroatoms. The maximum absolute atomic E-state index is 12.3. The molecule has 1 atom stereocenters. The first-order valence-corrected chi connectivity index (χ1v) is 8.40. The molecule has 3 aromatic heterocycles. The van der Waals surface area contributed by atoms with Gasteiger partial charge in [-0.25, -0.2) is 4.98 Å². The largest absolute Gasteiger partial charge is 0.389 e. The summed E-state index contributed by atoms with van der Waals surface area (Å²) >= 11 is 2.81. The summed E-state index contributed by atoms with van der Waals surface area (Å²) in [5, 5.41) is 12.5. The van der Waals surface area contributed by atoms with Crippen LogP contribution in [0.2, 0.25) is 0 Å². The van der Waals surface area contributed by atoms with Crippen LogP contribution in [0.3, 0.4) is 0 Å². The van der Waals surface area contributed by atoms with E-state index in [4.69, 9.17) is 4.74 Å². The number of nitrogens with zero attached hydrogens (tertiary/aromatic N) is 3. The first kappa shape index (κ1) is 15.3. The molecule has 0 amide bonds. The van der Waals surface area contributed by atoms with E-state index in [0.717, 1.165) is 4.88 Å². The van der Waals surface area contributed by atoms with Crippen molar-refractivity contribution in [3.05, 3.63) is 44.8 Å². The predicted molar refractivity (Wildman–Crippen MR) is 86.4 cm³/mol. The molecule has 22 heavy (non-hydrogen) atoms. The maximum Gasteiger partial charge on any atom is 0.264 e. The number of hydrogen-bond acceptors (Lipinski definition) is 7. The summed E-state index contributed by atoms with van der Waals surface area (Å²) in [6.45, 7) is 2.58. The fourth-order valence-electron chi connectivity index (χ4n) is 2.11. The van der Waals surface area contributed by atoms with E-state index in [1.807, 2.05) is 17.5 Å². The zero-order chi connectivity index (χ0) is 15.5. The summed E-state index contributed by atoms with van der Waals surface area (Å²) in [7, 11) is 0. The molecule has 3 aromatic rings. The lowest BCUT2D eigenvalue weighted by Gasteiger charge is -2.12. The van der Waals surface area contributed by atoms with Crippen LogP contribution in [-0.4, -0.2) is 31.7 Å². The SMILES string of the molecule is Cc1nsc2ncn(C[C@@H](O)COCc3cccs3)c(=O)c12. The summed E-state index contributed by atoms with van der Waals surface area (Å²) in [5.74, 6) is 0. The minimum Gasteiger partial charge on any atom is -0.389 e. The monoisotopic (exact) mass is 337 g/mol. The summed E-state index contributed by atoms with van der Waals surface area (Å²) in [6, 6.07) is 3.93. The second kappa shape index (κ2) is 6.66. The van der Waals surface area contributed by atoms with Gasteiger partial charge < -0.3 is 9.84 Å². The minimum atomic E-state index is -0.760. The quantitative estimate of drug-likeness (QED) is 0.742. The van der Waals surface area contributed by atoms with Gasteiger partial charge in [0.2, 0.25) is 0 Å². The first-order chi connectivity index (χ1) is 10.6. The van der Waals surface area contributed by atoms with Gasteiger partial charge in [0.05, 0.1) is 43.3 Å². The molecule has 6 nitrogen and oxygen atoms in total. The van der Waals surface area contributed by atoms with Crippen molar-refractivity contribution in [1.29, 1.82) is 0 Å². The highest BCUT2D eigenvalue weighted by Gasteiger charge is 2.13. The molecule has 0 aliphatic carbocycles. The molecule has 0 aliphatic heterocycles. The van der Waals surface area contributed by atoms with Crippen LogP contribution in [0.4, 0.5) is 0 Å². The number of aliphatic hydroxyl groups excluding tert-OH is 1. The van der Waals surface area contributed by atoms with Crippen LogP contribution in [0.15, 0.2) is 28.6 Å². The van der Waals surface area contributed by atoms with E-state index in [0.29, 0.717) is 22.5 Å². The Labute approximate surface area is 134 Å². The average molecular weight is 337 g/mol. The molecule has 0 bridgehead atoms. The second-order valence-electron chi connectivity index (χ2n) is 4.90. The smallest absolute Gasteiger partial charge is 0.264 e. The number of rotatable bonds is 6. The van der Waals surface area contributed by atoms with Crippen LogP contribution in [0.1, 0.15) is 10.6 Å². The van der Waals surface area contributed by atoms with Crippen molar-refractivity contribution in [1.82, 2.24) is 13.9 Å². The Balaban J connectivity index is 1.63. The fourth-order valence-corrected chi connectivity index (χ4v) is 3.49. The van der Waals surface area contributed by atoms with Crippen molar-refractivity contribution >= 4 is 33.1 Å². The van der Waals surface area contributed by atoms with E-state index >= 15 is 0 Å². The number of fused-ring (bicyclic) bond motifs is 1. The topological polar surface area (TPSA) is 77.2 Å². The highest BCUT2D eigenvalue weighted by molar-refractivity contribution is 7.12. The third-order valence-electron chi connectivity index (χ3n) is 3.18. The van der Waals surface area contributed by atoms with Crippen molar-refractivity contribution in [3.8, 4) is 0 Å². The van der Waals surface area contributed by atoms with Crippen molar-refractivity contribution in [3.63, 3.8) is 0 Å². The van der Waals surface area contributed by atoms with Gasteiger partial charge in [0.25, 0.3) is 5.56 Å². The van der Waals surface area contributed by atoms with Crippen molar-refractivity contribution < 1.29 is 9.84 Å². The fraction of sp³-hybridized carbons (Fsp3) is 0.357.